The quantitative estimate of drug-likeness (QED) is 0.332. The number of aromatic amines is 1. The van der Waals surface area contributed by atoms with Crippen molar-refractivity contribution in [3.05, 3.63) is 87.0 Å². The van der Waals surface area contributed by atoms with Crippen LogP contribution < -0.4 is 5.56 Å². The van der Waals surface area contributed by atoms with Crippen molar-refractivity contribution in [2.75, 3.05) is 0 Å². The van der Waals surface area contributed by atoms with Gasteiger partial charge in [-0.3, -0.25) is 9.69 Å². The van der Waals surface area contributed by atoms with Crippen LogP contribution in [-0.4, -0.2) is 30.1 Å². The Morgan fingerprint density at radius 3 is 2.50 bits per heavy atom. The monoisotopic (exact) mass is 484 g/mol. The van der Waals surface area contributed by atoms with Crippen LogP contribution in [0.2, 0.25) is 0 Å². The second-order valence-corrected chi connectivity index (χ2v) is 10.1. The van der Waals surface area contributed by atoms with Crippen molar-refractivity contribution in [1.82, 2.24) is 30.1 Å². The van der Waals surface area contributed by atoms with Crippen LogP contribution in [0.5, 0.6) is 0 Å². The third kappa shape index (κ3) is 5.12. The molecule has 1 saturated carbocycles. The molecular formula is C29H36N6O. The van der Waals surface area contributed by atoms with Gasteiger partial charge in [0, 0.05) is 24.2 Å². The lowest BCUT2D eigenvalue weighted by molar-refractivity contribution is 0.158. The molecule has 1 fully saturated rings. The summed E-state index contributed by atoms with van der Waals surface area (Å²) in [5, 5.41) is 14.1. The maximum atomic E-state index is 13.2. The number of benzene rings is 2. The molecule has 188 valence electrons. The van der Waals surface area contributed by atoms with Crippen molar-refractivity contribution in [3.8, 4) is 0 Å². The van der Waals surface area contributed by atoms with Gasteiger partial charge in [-0.25, -0.2) is 4.68 Å². The van der Waals surface area contributed by atoms with Crippen LogP contribution in [0.1, 0.15) is 86.1 Å². The number of hydrogen-bond acceptors (Lipinski definition) is 5. The van der Waals surface area contributed by atoms with Gasteiger partial charge in [-0.15, -0.1) is 5.10 Å². The minimum Gasteiger partial charge on any atom is -0.322 e. The molecule has 0 radical (unpaired) electrons. The number of aromatic nitrogens is 5. The number of rotatable bonds is 9. The van der Waals surface area contributed by atoms with Gasteiger partial charge in [0.1, 0.15) is 0 Å². The fourth-order valence-corrected chi connectivity index (χ4v) is 5.49. The van der Waals surface area contributed by atoms with Gasteiger partial charge in [-0.1, -0.05) is 62.6 Å². The Labute approximate surface area is 212 Å². The highest BCUT2D eigenvalue weighted by atomic mass is 16.1. The number of tetrazole rings is 1. The molecule has 0 bridgehead atoms. The number of nitrogens with zero attached hydrogens (tertiary/aromatic N) is 5. The molecule has 0 saturated heterocycles. The Morgan fingerprint density at radius 1 is 1.03 bits per heavy atom. The van der Waals surface area contributed by atoms with Crippen LogP contribution >= 0.6 is 0 Å². The Morgan fingerprint density at radius 2 is 1.78 bits per heavy atom. The molecule has 1 aliphatic carbocycles. The van der Waals surface area contributed by atoms with Gasteiger partial charge in [0.05, 0.1) is 12.1 Å². The molecular weight excluding hydrogens is 448 g/mol. The van der Waals surface area contributed by atoms with Gasteiger partial charge in [-0.05, 0) is 77.7 Å². The summed E-state index contributed by atoms with van der Waals surface area (Å²) >= 11 is 0. The van der Waals surface area contributed by atoms with Crippen molar-refractivity contribution in [2.45, 2.75) is 84.5 Å². The summed E-state index contributed by atoms with van der Waals surface area (Å²) in [6, 6.07) is 17.3. The topological polar surface area (TPSA) is 79.7 Å². The summed E-state index contributed by atoms with van der Waals surface area (Å²) in [6.45, 7) is 7.66. The molecule has 2 aromatic heterocycles. The van der Waals surface area contributed by atoms with E-state index in [0.717, 1.165) is 48.0 Å². The van der Waals surface area contributed by atoms with Crippen molar-refractivity contribution in [3.63, 3.8) is 0 Å². The van der Waals surface area contributed by atoms with Gasteiger partial charge in [0.15, 0.2) is 5.82 Å². The van der Waals surface area contributed by atoms with Crippen molar-refractivity contribution in [2.24, 2.45) is 0 Å². The van der Waals surface area contributed by atoms with E-state index in [1.807, 2.05) is 6.07 Å². The molecule has 1 unspecified atom stereocenters. The fraction of sp³-hybridized carbons (Fsp3) is 0.448. The van der Waals surface area contributed by atoms with Crippen LogP contribution in [-0.2, 0) is 19.5 Å². The number of aryl methyl sites for hydroxylation is 2. The number of nitrogens with one attached hydrogen (secondary N) is 1. The zero-order valence-electron chi connectivity index (χ0n) is 21.6. The smallest absolute Gasteiger partial charge is 0.252 e. The summed E-state index contributed by atoms with van der Waals surface area (Å²) in [7, 11) is 0. The Hall–Kier alpha value is -3.32. The van der Waals surface area contributed by atoms with Gasteiger partial charge >= 0.3 is 0 Å². The fourth-order valence-electron chi connectivity index (χ4n) is 5.49. The van der Waals surface area contributed by atoms with E-state index in [9.17, 15) is 4.79 Å². The molecule has 1 N–H and O–H groups in total. The van der Waals surface area contributed by atoms with Gasteiger partial charge in [0.25, 0.3) is 5.56 Å². The van der Waals surface area contributed by atoms with Crippen LogP contribution in [0, 0.1) is 6.92 Å². The first-order valence-corrected chi connectivity index (χ1v) is 13.3. The van der Waals surface area contributed by atoms with E-state index in [4.69, 9.17) is 0 Å². The summed E-state index contributed by atoms with van der Waals surface area (Å²) in [5.41, 5.74) is 5.32. The maximum Gasteiger partial charge on any atom is 0.252 e. The van der Waals surface area contributed by atoms with E-state index in [1.54, 1.807) is 0 Å². The Balaban J connectivity index is 1.53. The van der Waals surface area contributed by atoms with E-state index in [1.165, 1.54) is 29.5 Å². The molecule has 1 aliphatic rings. The lowest BCUT2D eigenvalue weighted by Crippen LogP contribution is -2.32. The standard InChI is InChI=1S/C29H36N6O/c1-4-21-14-15-26-23(16-21)17-24(29(36)30-26)19-34(18-22-12-10-20(3)11-13-22)27(5-2)28-31-32-33-35(28)25-8-6-7-9-25/h10-17,25,27H,4-9,18-19H2,1-3H3,(H,30,36). The number of hydrogen-bond donors (Lipinski definition) is 1. The highest BCUT2D eigenvalue weighted by Crippen LogP contribution is 2.33. The molecule has 36 heavy (non-hydrogen) atoms. The number of fused-ring (bicyclic) bond motifs is 1. The molecule has 0 spiro atoms. The van der Waals surface area contributed by atoms with E-state index in [2.05, 4.69) is 93.3 Å². The first kappa shape index (κ1) is 24.4. The first-order chi connectivity index (χ1) is 17.6. The van der Waals surface area contributed by atoms with Crippen LogP contribution in [0.25, 0.3) is 10.9 Å². The van der Waals surface area contributed by atoms with Crippen molar-refractivity contribution >= 4 is 10.9 Å². The predicted molar refractivity (Wildman–Crippen MR) is 143 cm³/mol. The van der Waals surface area contributed by atoms with E-state index in [-0.39, 0.29) is 11.6 Å². The summed E-state index contributed by atoms with van der Waals surface area (Å²) in [5.74, 6) is 0.905. The third-order valence-electron chi connectivity index (χ3n) is 7.59. The van der Waals surface area contributed by atoms with Gasteiger partial charge in [0.2, 0.25) is 0 Å². The molecule has 0 aliphatic heterocycles. The molecule has 5 rings (SSSR count). The second-order valence-electron chi connectivity index (χ2n) is 10.1. The molecule has 1 atom stereocenters. The van der Waals surface area contributed by atoms with E-state index in [0.29, 0.717) is 19.1 Å². The van der Waals surface area contributed by atoms with Gasteiger partial charge in [-0.2, -0.15) is 0 Å². The highest BCUT2D eigenvalue weighted by molar-refractivity contribution is 5.79. The van der Waals surface area contributed by atoms with Crippen LogP contribution in [0.3, 0.4) is 0 Å². The lowest BCUT2D eigenvalue weighted by Gasteiger charge is -2.31. The zero-order valence-corrected chi connectivity index (χ0v) is 21.6. The average molecular weight is 485 g/mol. The zero-order chi connectivity index (χ0) is 25.1. The Bertz CT molecular complexity index is 1370. The molecule has 2 aromatic carbocycles. The molecule has 7 nitrogen and oxygen atoms in total. The maximum absolute atomic E-state index is 13.2. The van der Waals surface area contributed by atoms with Crippen LogP contribution in [0.15, 0.2) is 53.3 Å². The highest BCUT2D eigenvalue weighted by Gasteiger charge is 2.29. The lowest BCUT2D eigenvalue weighted by atomic mass is 10.0. The van der Waals surface area contributed by atoms with Crippen LogP contribution in [0.4, 0.5) is 0 Å². The van der Waals surface area contributed by atoms with Gasteiger partial charge < -0.3 is 4.98 Å². The first-order valence-electron chi connectivity index (χ1n) is 13.3. The molecule has 0 amide bonds. The molecule has 7 heteroatoms. The summed E-state index contributed by atoms with van der Waals surface area (Å²) in [6.07, 6.45) is 6.50. The average Bonchev–Trinajstić information content (AvgIpc) is 3.58. The largest absolute Gasteiger partial charge is 0.322 e. The molecule has 2 heterocycles. The molecule has 4 aromatic rings. The predicted octanol–water partition coefficient (Wildman–Crippen LogP) is 5.65. The Kier molecular flexibility index (Phi) is 7.28. The minimum absolute atomic E-state index is 0.000948. The van der Waals surface area contributed by atoms with E-state index < -0.39 is 0 Å². The summed E-state index contributed by atoms with van der Waals surface area (Å²) < 4.78 is 2.06. The summed E-state index contributed by atoms with van der Waals surface area (Å²) in [4.78, 5) is 18.6. The van der Waals surface area contributed by atoms with Crippen molar-refractivity contribution < 1.29 is 0 Å². The second kappa shape index (κ2) is 10.7. The van der Waals surface area contributed by atoms with Crippen molar-refractivity contribution in [1.29, 1.82) is 0 Å². The van der Waals surface area contributed by atoms with E-state index >= 15 is 0 Å². The third-order valence-corrected chi connectivity index (χ3v) is 7.59. The number of pyridine rings is 1. The minimum atomic E-state index is -0.0362. The number of H-pyrrole nitrogens is 1. The SMILES string of the molecule is CCc1ccc2[nH]c(=O)c(CN(Cc3ccc(C)cc3)C(CC)c3nnnn3C3CCCC3)cc2c1. The normalized spacial score (nSPS) is 15.2.